The van der Waals surface area contributed by atoms with Gasteiger partial charge in [-0.1, -0.05) is 7.43 Å². The number of anilines is 2. The van der Waals surface area contributed by atoms with Crippen LogP contribution in [-0.2, 0) is 19.1 Å². The summed E-state index contributed by atoms with van der Waals surface area (Å²) in [6, 6.07) is 7.68. The molecule has 12 nitrogen and oxygen atoms in total. The van der Waals surface area contributed by atoms with Crippen LogP contribution >= 0.6 is 11.6 Å². The van der Waals surface area contributed by atoms with Gasteiger partial charge in [-0.05, 0) is 99.1 Å². The van der Waals surface area contributed by atoms with Crippen molar-refractivity contribution in [3.8, 4) is 0 Å². The van der Waals surface area contributed by atoms with Crippen molar-refractivity contribution in [3.05, 3.63) is 49.1 Å². The Morgan fingerprint density at radius 3 is 1.88 bits per heavy atom. The van der Waals surface area contributed by atoms with E-state index in [-0.39, 0.29) is 48.5 Å². The maximum Gasteiger partial charge on any atom is 0.409 e. The first-order chi connectivity index (χ1) is 22.8. The number of hydrogen-bond donors (Lipinski definition) is 1. The van der Waals surface area contributed by atoms with Crippen molar-refractivity contribution < 1.29 is 28.7 Å². The van der Waals surface area contributed by atoms with Crippen LogP contribution in [0.15, 0.2) is 49.1 Å². The first kappa shape index (κ1) is 38.5. The molecule has 2 aliphatic carbocycles. The summed E-state index contributed by atoms with van der Waals surface area (Å²) < 4.78 is 9.58. The first-order valence-electron chi connectivity index (χ1n) is 16.5. The Bertz CT molecular complexity index is 1300. The van der Waals surface area contributed by atoms with E-state index in [1.54, 1.807) is 34.6 Å². The number of pyridine rings is 2. The molecule has 13 heteroatoms. The third kappa shape index (κ3) is 12.6. The Kier molecular flexibility index (Phi) is 15.9. The van der Waals surface area contributed by atoms with Crippen molar-refractivity contribution in [2.24, 2.45) is 23.7 Å². The van der Waals surface area contributed by atoms with Gasteiger partial charge in [-0.3, -0.25) is 19.6 Å². The zero-order valence-corrected chi connectivity index (χ0v) is 28.1. The van der Waals surface area contributed by atoms with E-state index < -0.39 is 0 Å². The summed E-state index contributed by atoms with van der Waals surface area (Å²) in [5, 5.41) is 3.19. The maximum absolute atomic E-state index is 12.6. The van der Waals surface area contributed by atoms with Gasteiger partial charge < -0.3 is 29.5 Å². The summed E-state index contributed by atoms with van der Waals surface area (Å²) >= 11 is 5.04. The molecule has 4 heterocycles. The molecular formula is C35H51ClN6O6. The van der Waals surface area contributed by atoms with Gasteiger partial charge >= 0.3 is 12.2 Å². The van der Waals surface area contributed by atoms with Crippen molar-refractivity contribution in [2.45, 2.75) is 58.8 Å². The number of amides is 3. The lowest BCUT2D eigenvalue weighted by Gasteiger charge is -2.35. The highest BCUT2D eigenvalue weighted by Gasteiger charge is 2.36. The zero-order chi connectivity index (χ0) is 33.6. The highest BCUT2D eigenvalue weighted by molar-refractivity contribution is 6.64. The van der Waals surface area contributed by atoms with Gasteiger partial charge in [0.1, 0.15) is 0 Å². The Hall–Kier alpha value is -3.93. The second kappa shape index (κ2) is 19.8. The molecule has 0 aromatic carbocycles. The average Bonchev–Trinajstić information content (AvgIpc) is 4.04. The third-order valence-corrected chi connectivity index (χ3v) is 8.96. The molecule has 48 heavy (non-hydrogen) atoms. The lowest BCUT2D eigenvalue weighted by molar-refractivity contribution is -0.120. The molecular weight excluding hydrogens is 636 g/mol. The molecule has 0 radical (unpaired) electrons. The number of nitrogens with zero attached hydrogens (tertiary/aromatic N) is 5. The summed E-state index contributed by atoms with van der Waals surface area (Å²) in [4.78, 5) is 59.4. The molecule has 0 spiro atoms. The van der Waals surface area contributed by atoms with Crippen LogP contribution in [0.3, 0.4) is 0 Å². The Labute approximate surface area is 289 Å². The molecule has 4 fully saturated rings. The predicted octanol–water partition coefficient (Wildman–Crippen LogP) is 6.07. The molecule has 2 aliphatic heterocycles. The summed E-state index contributed by atoms with van der Waals surface area (Å²) in [6.45, 7) is 4.43. The van der Waals surface area contributed by atoms with Crippen LogP contribution in [0.4, 0.5) is 21.0 Å². The van der Waals surface area contributed by atoms with E-state index in [9.17, 15) is 19.2 Å². The molecule has 4 aliphatic rings. The minimum absolute atomic E-state index is 0. The molecule has 2 unspecified atom stereocenters. The van der Waals surface area contributed by atoms with Crippen molar-refractivity contribution in [2.75, 3.05) is 63.7 Å². The fourth-order valence-corrected chi connectivity index (χ4v) is 5.94. The molecule has 2 aromatic heterocycles. The molecule has 3 amide bonds. The normalized spacial score (nSPS) is 19.9. The lowest BCUT2D eigenvalue weighted by Crippen LogP contribution is -2.45. The van der Waals surface area contributed by atoms with E-state index in [0.717, 1.165) is 88.9 Å². The van der Waals surface area contributed by atoms with Crippen molar-refractivity contribution in [3.63, 3.8) is 0 Å². The smallest absolute Gasteiger partial charge is 0.409 e. The van der Waals surface area contributed by atoms with Gasteiger partial charge in [0.15, 0.2) is 0 Å². The van der Waals surface area contributed by atoms with E-state index in [2.05, 4.69) is 15.3 Å². The number of rotatable bonds is 8. The number of methoxy groups -OCH3 is 2. The van der Waals surface area contributed by atoms with E-state index >= 15 is 0 Å². The zero-order valence-electron chi connectivity index (χ0n) is 27.4. The van der Waals surface area contributed by atoms with Crippen LogP contribution in [-0.4, -0.2) is 96.6 Å². The fourth-order valence-electron chi connectivity index (χ4n) is 5.72. The summed E-state index contributed by atoms with van der Waals surface area (Å²) in [5.41, 5.74) is 1.87. The van der Waals surface area contributed by atoms with Crippen molar-refractivity contribution >= 4 is 46.3 Å². The standard InChI is InChI=1S/C17H23N3O3.C13H19N3O2.C4H5ClO.CH4/c1-23-17(22)19-9-3-4-13(11-19)12-20(16(21)14-6-7-14)15-5-2-8-18-10-15;1-18-13(17)16-7-3-4-11(10-16)8-15-12-5-2-6-14-9-12;5-4(6)3-1-2-3;/h2,5,8,10,13-14H,3-4,6-7,9,11-12H2,1H3;2,5-6,9,11,15H,3-4,7-8,10H2,1H3;3H,1-2H2;1H4. The van der Waals surface area contributed by atoms with Gasteiger partial charge in [0.2, 0.25) is 11.1 Å². The van der Waals surface area contributed by atoms with Crippen LogP contribution < -0.4 is 10.2 Å². The fraction of sp³-hybridized carbons (Fsp3) is 0.600. The number of ether oxygens (including phenoxy) is 2. The van der Waals surface area contributed by atoms with Gasteiger partial charge in [-0.2, -0.15) is 0 Å². The minimum Gasteiger partial charge on any atom is -0.453 e. The number of halogens is 1. The largest absolute Gasteiger partial charge is 0.453 e. The lowest BCUT2D eigenvalue weighted by atomic mass is 9.97. The number of piperidine rings is 2. The Balaban J connectivity index is 0.000000222. The number of carbonyl (C=O) groups is 4. The van der Waals surface area contributed by atoms with Gasteiger partial charge in [0.05, 0.1) is 31.8 Å². The van der Waals surface area contributed by atoms with Gasteiger partial charge in [0, 0.05) is 69.7 Å². The molecule has 264 valence electrons. The maximum atomic E-state index is 12.6. The van der Waals surface area contributed by atoms with Gasteiger partial charge in [-0.15, -0.1) is 0 Å². The number of likely N-dealkylation sites (tertiary alicyclic amines) is 2. The number of aromatic nitrogens is 2. The number of carbonyl (C=O) groups excluding carboxylic acids is 4. The third-order valence-electron chi connectivity index (χ3n) is 8.65. The summed E-state index contributed by atoms with van der Waals surface area (Å²) in [7, 11) is 2.84. The monoisotopic (exact) mass is 686 g/mol. The highest BCUT2D eigenvalue weighted by atomic mass is 35.5. The molecule has 6 rings (SSSR count). The molecule has 2 saturated carbocycles. The minimum atomic E-state index is -0.281. The molecule has 2 saturated heterocycles. The predicted molar refractivity (Wildman–Crippen MR) is 186 cm³/mol. The summed E-state index contributed by atoms with van der Waals surface area (Å²) in [6.07, 6.45) is 14.6. The number of hydrogen-bond acceptors (Lipinski definition) is 9. The molecule has 0 bridgehead atoms. The van der Waals surface area contributed by atoms with Crippen molar-refractivity contribution in [1.29, 1.82) is 0 Å². The number of nitrogens with one attached hydrogen (secondary N) is 1. The Morgan fingerprint density at radius 2 is 1.40 bits per heavy atom. The van der Waals surface area contributed by atoms with E-state index in [1.807, 2.05) is 29.2 Å². The second-order valence-electron chi connectivity index (χ2n) is 12.5. The average molecular weight is 687 g/mol. The van der Waals surface area contributed by atoms with Crippen LogP contribution in [0.2, 0.25) is 0 Å². The van der Waals surface area contributed by atoms with Gasteiger partial charge in [0.25, 0.3) is 0 Å². The summed E-state index contributed by atoms with van der Waals surface area (Å²) in [5.74, 6) is 1.32. The second-order valence-corrected chi connectivity index (χ2v) is 12.9. The van der Waals surface area contributed by atoms with Crippen molar-refractivity contribution in [1.82, 2.24) is 19.8 Å². The van der Waals surface area contributed by atoms with Crippen LogP contribution in [0, 0.1) is 23.7 Å². The SMILES string of the molecule is C.COC(=O)N1CCCC(CN(C(=O)C2CC2)c2cccnc2)C1.COC(=O)N1CCCC(CNc2cccnc2)C1.O=C(Cl)C1CC1. The highest BCUT2D eigenvalue weighted by Crippen LogP contribution is 2.34. The van der Waals surface area contributed by atoms with Crippen LogP contribution in [0.5, 0.6) is 0 Å². The Morgan fingerprint density at radius 1 is 0.833 bits per heavy atom. The van der Waals surface area contributed by atoms with Gasteiger partial charge in [-0.25, -0.2) is 9.59 Å². The van der Waals surface area contributed by atoms with Crippen LogP contribution in [0.25, 0.3) is 0 Å². The molecule has 1 N–H and O–H groups in total. The topological polar surface area (TPSA) is 134 Å². The van der Waals surface area contributed by atoms with E-state index in [4.69, 9.17) is 21.1 Å². The van der Waals surface area contributed by atoms with E-state index in [0.29, 0.717) is 19.0 Å². The molecule has 2 aromatic rings. The first-order valence-corrected chi connectivity index (χ1v) is 16.9. The van der Waals surface area contributed by atoms with Crippen LogP contribution in [0.1, 0.15) is 58.8 Å². The molecule has 2 atom stereocenters. The quantitative estimate of drug-likeness (QED) is 0.328. The van der Waals surface area contributed by atoms with E-state index in [1.165, 1.54) is 14.2 Å².